The molecule has 2 aromatic carbocycles. The van der Waals surface area contributed by atoms with Gasteiger partial charge >= 0.3 is 11.8 Å². The van der Waals surface area contributed by atoms with E-state index in [0.29, 0.717) is 42.7 Å². The van der Waals surface area contributed by atoms with Crippen molar-refractivity contribution in [2.75, 3.05) is 42.7 Å². The summed E-state index contributed by atoms with van der Waals surface area (Å²) in [5.41, 5.74) is -13.0. The fraction of sp³-hybridized carbons (Fsp3) is 0.333. The van der Waals surface area contributed by atoms with Gasteiger partial charge < -0.3 is 28.4 Å². The molecule has 0 saturated carbocycles. The van der Waals surface area contributed by atoms with Crippen molar-refractivity contribution in [2.45, 2.75) is 33.2 Å². The van der Waals surface area contributed by atoms with Crippen LogP contribution in [0.1, 0.15) is 11.1 Å². The van der Waals surface area contributed by atoms with Crippen molar-refractivity contribution in [1.29, 1.82) is 0 Å². The topological polar surface area (TPSA) is 89.5 Å². The number of allylic oxidation sites excluding steroid dienone is 4. The number of hydrogen-bond acceptors (Lipinski definition) is 8. The van der Waals surface area contributed by atoms with Crippen LogP contribution in [-0.4, -0.2) is 84.3 Å². The molecule has 0 saturated heterocycles. The Labute approximate surface area is 308 Å². The minimum absolute atomic E-state index is 0.221. The molecular formula is C36H32F10O8S. The van der Waals surface area contributed by atoms with E-state index >= 15 is 43.9 Å². The summed E-state index contributed by atoms with van der Waals surface area (Å²) in [6.45, 7) is 0. The molecule has 55 heavy (non-hydrogen) atoms. The van der Waals surface area contributed by atoms with E-state index in [1.807, 2.05) is 0 Å². The predicted octanol–water partition coefficient (Wildman–Crippen LogP) is 8.54. The molecule has 8 nitrogen and oxygen atoms in total. The molecule has 2 aliphatic rings. The van der Waals surface area contributed by atoms with Crippen LogP contribution in [0.15, 0.2) is 119 Å². The molecule has 2 aliphatic carbocycles. The molecule has 2 aromatic rings. The lowest BCUT2D eigenvalue weighted by atomic mass is 9.82. The zero-order chi connectivity index (χ0) is 41.4. The van der Waals surface area contributed by atoms with Gasteiger partial charge in [-0.25, -0.2) is 34.8 Å². The second kappa shape index (κ2) is 14.9. The summed E-state index contributed by atoms with van der Waals surface area (Å²) in [6, 6.07) is 11.8. The van der Waals surface area contributed by atoms with Crippen LogP contribution in [0, 0.1) is 0 Å². The van der Waals surface area contributed by atoms with E-state index in [1.165, 1.54) is 36.4 Å². The molecule has 0 N–H and O–H groups in total. The first kappa shape index (κ1) is 42.7. The van der Waals surface area contributed by atoms with Gasteiger partial charge in [0, 0.05) is 0 Å². The first-order valence-corrected chi connectivity index (χ1v) is 16.9. The molecular weight excluding hydrogens is 782 g/mol. The van der Waals surface area contributed by atoms with Gasteiger partial charge in [-0.3, -0.25) is 0 Å². The maximum Gasteiger partial charge on any atom is 0.352 e. The van der Waals surface area contributed by atoms with Crippen LogP contribution in [0.5, 0.6) is 0 Å². The Hall–Kier alpha value is -5.07. The lowest BCUT2D eigenvalue weighted by molar-refractivity contribution is -0.175. The molecule has 0 amide bonds. The second-order valence-corrected chi connectivity index (χ2v) is 13.8. The summed E-state index contributed by atoms with van der Waals surface area (Å²) < 4.78 is 228. The zero-order valence-electron chi connectivity index (χ0n) is 29.5. The van der Waals surface area contributed by atoms with E-state index in [0.717, 1.165) is 24.3 Å². The lowest BCUT2D eigenvalue weighted by Gasteiger charge is -2.48. The molecule has 0 radical (unpaired) electrons. The van der Waals surface area contributed by atoms with Gasteiger partial charge in [0.05, 0.1) is 42.7 Å². The first-order chi connectivity index (χ1) is 25.7. The average Bonchev–Trinajstić information content (AvgIpc) is 3.17. The molecule has 4 unspecified atom stereocenters. The Morgan fingerprint density at radius 1 is 0.509 bits per heavy atom. The number of benzene rings is 2. The highest BCUT2D eigenvalue weighted by Crippen LogP contribution is 2.65. The summed E-state index contributed by atoms with van der Waals surface area (Å²) in [6.07, 6.45) is -0.910. The normalized spacial score (nSPS) is 25.2. The molecule has 300 valence electrons. The number of alkyl halides is 8. The maximum atomic E-state index is 18.2. The van der Waals surface area contributed by atoms with Gasteiger partial charge in [0.1, 0.15) is 0 Å². The van der Waals surface area contributed by atoms with Gasteiger partial charge in [0.15, 0.2) is 23.2 Å². The van der Waals surface area contributed by atoms with Gasteiger partial charge in [0.25, 0.3) is 21.3 Å². The Morgan fingerprint density at radius 3 is 1.05 bits per heavy atom. The molecule has 0 spiro atoms. The molecule has 19 heteroatoms. The van der Waals surface area contributed by atoms with Crippen LogP contribution in [0.2, 0.25) is 0 Å². The minimum Gasteiger partial charge on any atom is -0.492 e. The van der Waals surface area contributed by atoms with Crippen molar-refractivity contribution >= 4 is 22.0 Å². The third-order valence-electron chi connectivity index (χ3n) is 8.79. The maximum absolute atomic E-state index is 18.2. The van der Waals surface area contributed by atoms with E-state index in [4.69, 9.17) is 0 Å². The monoisotopic (exact) mass is 814 g/mol. The van der Waals surface area contributed by atoms with Gasteiger partial charge in [-0.2, -0.15) is 17.6 Å². The number of sulfone groups is 1. The summed E-state index contributed by atoms with van der Waals surface area (Å²) >= 11 is 0. The first-order valence-electron chi connectivity index (χ1n) is 15.4. The number of hydrogen-bond donors (Lipinski definition) is 0. The van der Waals surface area contributed by atoms with Crippen LogP contribution >= 0.6 is 0 Å². The smallest absolute Gasteiger partial charge is 0.352 e. The summed E-state index contributed by atoms with van der Waals surface area (Å²) in [4.78, 5) is 0. The molecule has 0 aromatic heterocycles. The molecule has 0 heterocycles. The van der Waals surface area contributed by atoms with E-state index < -0.39 is 101 Å². The van der Waals surface area contributed by atoms with E-state index in [9.17, 15) is 8.42 Å². The fourth-order valence-electron chi connectivity index (χ4n) is 6.03. The van der Waals surface area contributed by atoms with Gasteiger partial charge in [-0.15, -0.1) is 0 Å². The molecule has 0 aliphatic heterocycles. The molecule has 4 rings (SSSR count). The highest BCUT2D eigenvalue weighted by molar-refractivity contribution is 7.94. The van der Waals surface area contributed by atoms with E-state index in [1.54, 1.807) is 0 Å². The third-order valence-corrected chi connectivity index (χ3v) is 11.2. The molecule has 4 atom stereocenters. The zero-order valence-corrected chi connectivity index (χ0v) is 30.4. The summed E-state index contributed by atoms with van der Waals surface area (Å²) in [7, 11) is -4.93. The van der Waals surface area contributed by atoms with Crippen molar-refractivity contribution in [2.24, 2.45) is 0 Å². The number of rotatable bonds is 14. The Kier molecular flexibility index (Phi) is 11.5. The Morgan fingerprint density at radius 2 is 0.800 bits per heavy atom. The molecule has 0 bridgehead atoms. The highest BCUT2D eigenvalue weighted by Gasteiger charge is 2.88. The van der Waals surface area contributed by atoms with Crippen LogP contribution in [-0.2, 0) is 38.3 Å². The average molecular weight is 815 g/mol. The Balaban J connectivity index is 2.31. The van der Waals surface area contributed by atoms with Crippen molar-refractivity contribution in [3.05, 3.63) is 130 Å². The van der Waals surface area contributed by atoms with Gasteiger partial charge in [-0.05, 0) is 23.3 Å². The van der Waals surface area contributed by atoms with Crippen molar-refractivity contribution in [3.63, 3.8) is 0 Å². The van der Waals surface area contributed by atoms with Crippen LogP contribution in [0.4, 0.5) is 43.9 Å². The van der Waals surface area contributed by atoms with Crippen LogP contribution in [0.3, 0.4) is 0 Å². The summed E-state index contributed by atoms with van der Waals surface area (Å²) in [5, 5.41) is -12.2. The second-order valence-electron chi connectivity index (χ2n) is 11.6. The number of methoxy groups -OCH3 is 6. The fourth-order valence-corrected chi connectivity index (χ4v) is 8.13. The van der Waals surface area contributed by atoms with Gasteiger partial charge in [-0.1, -0.05) is 72.8 Å². The summed E-state index contributed by atoms with van der Waals surface area (Å²) in [5.74, 6) is -29.0. The van der Waals surface area contributed by atoms with Crippen molar-refractivity contribution in [1.82, 2.24) is 0 Å². The Bertz CT molecular complexity index is 1940. The number of ether oxygens (including phenoxy) is 6. The standard InChI is InChI=1S/C36H32F10O8S/c1-49-23-25(51-3)29(53-5)35(43,44)33(41,27(23)37)31(39,19-17-21-13-9-7-10-14-21)55(47,48)32(40,20-18-22-15-11-8-12-16-22)34(42)28(38)24(50-2)26(52-4)30(54-6)36(34,45)46/h7-20H,1-6H3. The third kappa shape index (κ3) is 5.75. The lowest BCUT2D eigenvalue weighted by Crippen LogP contribution is -2.72. The van der Waals surface area contributed by atoms with Crippen LogP contribution < -0.4 is 0 Å². The largest absolute Gasteiger partial charge is 0.492 e. The van der Waals surface area contributed by atoms with E-state index in [-0.39, 0.29) is 23.3 Å². The minimum atomic E-state index is -8.02. The highest BCUT2D eigenvalue weighted by atomic mass is 32.2. The predicted molar refractivity (Wildman–Crippen MR) is 177 cm³/mol. The van der Waals surface area contributed by atoms with Crippen LogP contribution in [0.25, 0.3) is 12.2 Å². The van der Waals surface area contributed by atoms with Crippen molar-refractivity contribution in [3.8, 4) is 0 Å². The number of halogens is 10. The van der Waals surface area contributed by atoms with Crippen molar-refractivity contribution < 1.29 is 80.7 Å². The van der Waals surface area contributed by atoms with E-state index in [2.05, 4.69) is 28.4 Å². The SMILES string of the molecule is COC1=C(OC)C(F)(F)C(F)(C(F)(C=Cc2ccccc2)S(=O)(=O)C(F)(C=Cc2ccccc2)C2(F)C(F)=C(OC)C(OC)=C(OC)C2(F)F)C(F)=C1OC. The van der Waals surface area contributed by atoms with Gasteiger partial charge in [0.2, 0.25) is 32.9 Å². The molecule has 0 fully saturated rings. The quantitative estimate of drug-likeness (QED) is 0.176.